The highest BCUT2D eigenvalue weighted by atomic mass is 16.1. The summed E-state index contributed by atoms with van der Waals surface area (Å²) in [7, 11) is 0. The van der Waals surface area contributed by atoms with Gasteiger partial charge >= 0.3 is 0 Å². The third-order valence-corrected chi connectivity index (χ3v) is 5.41. The summed E-state index contributed by atoms with van der Waals surface area (Å²) in [5.41, 5.74) is 4.02. The number of aryl methyl sites for hydroxylation is 1. The summed E-state index contributed by atoms with van der Waals surface area (Å²) in [6.45, 7) is 10.00. The Morgan fingerprint density at radius 2 is 1.81 bits per heavy atom. The number of benzene rings is 2. The fraction of sp³-hybridized carbons (Fsp3) is 0.318. The molecule has 26 heavy (non-hydrogen) atoms. The van der Waals surface area contributed by atoms with Gasteiger partial charge in [0.05, 0.1) is 5.52 Å². The lowest BCUT2D eigenvalue weighted by Gasteiger charge is -2.20. The van der Waals surface area contributed by atoms with Crippen LogP contribution in [0.25, 0.3) is 32.7 Å². The molecule has 0 unspecified atom stereocenters. The Morgan fingerprint density at radius 1 is 1.04 bits per heavy atom. The minimum absolute atomic E-state index is 0.0692. The monoisotopic (exact) mass is 347 g/mol. The number of hydrogen-bond acceptors (Lipinski definition) is 2. The molecule has 0 spiro atoms. The summed E-state index contributed by atoms with van der Waals surface area (Å²) in [6.07, 6.45) is 0. The third kappa shape index (κ3) is 2.61. The van der Waals surface area contributed by atoms with Crippen molar-refractivity contribution in [1.29, 1.82) is 0 Å². The van der Waals surface area contributed by atoms with Crippen LogP contribution in [0, 0.1) is 6.92 Å². The van der Waals surface area contributed by atoms with E-state index in [1.807, 2.05) is 22.8 Å². The van der Waals surface area contributed by atoms with Crippen molar-refractivity contribution >= 4 is 32.7 Å². The van der Waals surface area contributed by atoms with Gasteiger partial charge in [-0.25, -0.2) is 0 Å². The smallest absolute Gasteiger partial charge is 0.275 e. The number of rotatable bonds is 5. The van der Waals surface area contributed by atoms with Gasteiger partial charge in [-0.15, -0.1) is 0 Å². The van der Waals surface area contributed by atoms with Crippen molar-refractivity contribution in [2.75, 3.05) is 19.6 Å². The Hall–Kier alpha value is -2.59. The van der Waals surface area contributed by atoms with Crippen molar-refractivity contribution in [1.82, 2.24) is 14.5 Å². The highest BCUT2D eigenvalue weighted by Crippen LogP contribution is 2.30. The second-order valence-corrected chi connectivity index (χ2v) is 6.92. The van der Waals surface area contributed by atoms with Crippen LogP contribution in [0.4, 0.5) is 0 Å². The molecular formula is C22H25N3O. The predicted octanol–water partition coefficient (Wildman–Crippen LogP) is 4.29. The van der Waals surface area contributed by atoms with Crippen LogP contribution < -0.4 is 5.56 Å². The number of aromatic amines is 1. The summed E-state index contributed by atoms with van der Waals surface area (Å²) >= 11 is 0. The Kier molecular flexibility index (Phi) is 4.29. The number of nitrogens with zero attached hydrogens (tertiary/aromatic N) is 2. The van der Waals surface area contributed by atoms with Crippen LogP contribution in [0.2, 0.25) is 0 Å². The van der Waals surface area contributed by atoms with Crippen molar-refractivity contribution in [2.24, 2.45) is 0 Å². The van der Waals surface area contributed by atoms with E-state index in [1.54, 1.807) is 0 Å². The highest BCUT2D eigenvalue weighted by molar-refractivity contribution is 6.19. The molecule has 0 aliphatic heterocycles. The molecule has 4 rings (SSSR count). The minimum Gasteiger partial charge on any atom is -0.350 e. The molecule has 0 fully saturated rings. The highest BCUT2D eigenvalue weighted by Gasteiger charge is 2.16. The zero-order chi connectivity index (χ0) is 18.3. The topological polar surface area (TPSA) is 41.0 Å². The number of aromatic nitrogens is 2. The first-order valence-electron chi connectivity index (χ1n) is 9.40. The fourth-order valence-corrected chi connectivity index (χ4v) is 3.92. The second kappa shape index (κ2) is 6.61. The summed E-state index contributed by atoms with van der Waals surface area (Å²) in [6, 6.07) is 14.6. The normalized spacial score (nSPS) is 12.0. The van der Waals surface area contributed by atoms with Gasteiger partial charge in [-0.05, 0) is 38.2 Å². The molecule has 0 aliphatic carbocycles. The Labute approximate surface area is 153 Å². The van der Waals surface area contributed by atoms with Gasteiger partial charge in [0.25, 0.3) is 5.56 Å². The molecule has 0 radical (unpaired) electrons. The van der Waals surface area contributed by atoms with E-state index in [2.05, 4.69) is 54.9 Å². The Bertz CT molecular complexity index is 1150. The molecule has 0 saturated carbocycles. The first kappa shape index (κ1) is 16.9. The summed E-state index contributed by atoms with van der Waals surface area (Å²) in [5, 5.41) is 3.31. The van der Waals surface area contributed by atoms with Crippen molar-refractivity contribution in [3.8, 4) is 0 Å². The van der Waals surface area contributed by atoms with Crippen LogP contribution in [0.5, 0.6) is 0 Å². The molecule has 134 valence electrons. The van der Waals surface area contributed by atoms with Gasteiger partial charge in [-0.2, -0.15) is 0 Å². The van der Waals surface area contributed by atoms with Crippen molar-refractivity contribution < 1.29 is 0 Å². The van der Waals surface area contributed by atoms with E-state index in [1.165, 1.54) is 5.56 Å². The number of nitrogens with one attached hydrogen (secondary N) is 1. The average molecular weight is 347 g/mol. The van der Waals surface area contributed by atoms with Crippen LogP contribution in [0.15, 0.2) is 47.3 Å². The van der Waals surface area contributed by atoms with Gasteiger partial charge in [-0.3, -0.25) is 4.79 Å². The molecule has 0 aliphatic rings. The number of likely N-dealkylation sites (N-methyl/N-ethyl adjacent to an activating group) is 1. The lowest BCUT2D eigenvalue weighted by Crippen LogP contribution is -2.31. The van der Waals surface area contributed by atoms with Crippen LogP contribution >= 0.6 is 0 Å². The number of pyridine rings is 1. The molecule has 0 amide bonds. The van der Waals surface area contributed by atoms with Gasteiger partial charge in [0.1, 0.15) is 5.52 Å². The van der Waals surface area contributed by atoms with E-state index >= 15 is 0 Å². The maximum Gasteiger partial charge on any atom is 0.275 e. The standard InChI is InChI=1S/C22H25N3O/c1-4-24(5-2)12-13-25-19-11-10-15(3)14-17(19)20-16-8-6-7-9-18(16)23-21(20)22(25)26/h6-11,14,23H,4-5,12-13H2,1-3H3. The molecule has 4 heteroatoms. The SMILES string of the molecule is CCN(CC)CCn1c(=O)c2[nH]c3ccccc3c2c2cc(C)ccc21. The largest absolute Gasteiger partial charge is 0.350 e. The zero-order valence-corrected chi connectivity index (χ0v) is 15.7. The number of H-pyrrole nitrogens is 1. The van der Waals surface area contributed by atoms with E-state index in [4.69, 9.17) is 0 Å². The van der Waals surface area contributed by atoms with E-state index in [-0.39, 0.29) is 5.56 Å². The van der Waals surface area contributed by atoms with Gasteiger partial charge in [0, 0.05) is 34.8 Å². The van der Waals surface area contributed by atoms with Gasteiger partial charge in [0.2, 0.25) is 0 Å². The molecular weight excluding hydrogens is 322 g/mol. The molecule has 4 aromatic rings. The lowest BCUT2D eigenvalue weighted by molar-refractivity contribution is 0.291. The lowest BCUT2D eigenvalue weighted by atomic mass is 10.1. The van der Waals surface area contributed by atoms with E-state index < -0.39 is 0 Å². The first-order valence-corrected chi connectivity index (χ1v) is 9.40. The molecule has 2 heterocycles. The Morgan fingerprint density at radius 3 is 2.58 bits per heavy atom. The van der Waals surface area contributed by atoms with Crippen LogP contribution in [0.1, 0.15) is 19.4 Å². The maximum atomic E-state index is 13.3. The summed E-state index contributed by atoms with van der Waals surface area (Å²) in [4.78, 5) is 19.0. The average Bonchev–Trinajstić information content (AvgIpc) is 3.05. The summed E-state index contributed by atoms with van der Waals surface area (Å²) in [5.74, 6) is 0. The molecule has 2 aromatic heterocycles. The first-order chi connectivity index (χ1) is 12.6. The van der Waals surface area contributed by atoms with E-state index in [0.717, 1.165) is 46.8 Å². The maximum absolute atomic E-state index is 13.3. The molecule has 0 saturated heterocycles. The second-order valence-electron chi connectivity index (χ2n) is 6.92. The van der Waals surface area contributed by atoms with Crippen molar-refractivity contribution in [2.45, 2.75) is 27.3 Å². The number of fused-ring (bicyclic) bond motifs is 5. The molecule has 0 atom stereocenters. The van der Waals surface area contributed by atoms with Crippen LogP contribution in [-0.2, 0) is 6.54 Å². The summed E-state index contributed by atoms with van der Waals surface area (Å²) < 4.78 is 1.94. The third-order valence-electron chi connectivity index (χ3n) is 5.41. The molecule has 0 bridgehead atoms. The van der Waals surface area contributed by atoms with Gasteiger partial charge in [-0.1, -0.05) is 43.7 Å². The van der Waals surface area contributed by atoms with Crippen molar-refractivity contribution in [3.63, 3.8) is 0 Å². The fourth-order valence-electron chi connectivity index (χ4n) is 3.92. The van der Waals surface area contributed by atoms with Gasteiger partial charge in [0.15, 0.2) is 0 Å². The van der Waals surface area contributed by atoms with Crippen LogP contribution in [0.3, 0.4) is 0 Å². The minimum atomic E-state index is 0.0692. The van der Waals surface area contributed by atoms with E-state index in [9.17, 15) is 4.79 Å². The molecule has 4 nitrogen and oxygen atoms in total. The quantitative estimate of drug-likeness (QED) is 0.585. The van der Waals surface area contributed by atoms with Gasteiger partial charge < -0.3 is 14.5 Å². The number of para-hydroxylation sites is 1. The van der Waals surface area contributed by atoms with Crippen LogP contribution in [-0.4, -0.2) is 34.1 Å². The van der Waals surface area contributed by atoms with E-state index in [0.29, 0.717) is 12.1 Å². The zero-order valence-electron chi connectivity index (χ0n) is 15.7. The Balaban J connectivity index is 2.03. The predicted molar refractivity (Wildman–Crippen MR) is 110 cm³/mol. The number of hydrogen-bond donors (Lipinski definition) is 1. The van der Waals surface area contributed by atoms with Crippen molar-refractivity contribution in [3.05, 3.63) is 58.4 Å². The molecule has 1 N–H and O–H groups in total. The molecule has 2 aromatic carbocycles.